The number of rotatable bonds is 5. The van der Waals surface area contributed by atoms with E-state index < -0.39 is 0 Å². The second-order valence-corrected chi connectivity index (χ2v) is 5.49. The molecule has 0 saturated heterocycles. The fourth-order valence-electron chi connectivity index (χ4n) is 0.343. The van der Waals surface area contributed by atoms with Crippen molar-refractivity contribution in [2.45, 2.75) is 85.5 Å². The molecule has 0 aliphatic heterocycles. The van der Waals surface area contributed by atoms with E-state index in [1.54, 1.807) is 13.8 Å². The zero-order valence-corrected chi connectivity index (χ0v) is 12.3. The van der Waals surface area contributed by atoms with Gasteiger partial charge in [0, 0.05) is 6.10 Å². The number of aliphatic hydroxyl groups excluding tert-OH is 1. The van der Waals surface area contributed by atoms with Crippen molar-refractivity contribution in [3.05, 3.63) is 0 Å². The van der Waals surface area contributed by atoms with Crippen molar-refractivity contribution in [3.63, 3.8) is 0 Å². The normalized spacial score (nSPS) is 12.4. The molecular weight excluding hydrogens is 204 g/mol. The second kappa shape index (κ2) is 8.04. The Morgan fingerprint density at radius 1 is 0.875 bits per heavy atom. The molecule has 0 aliphatic carbocycles. The van der Waals surface area contributed by atoms with Crippen molar-refractivity contribution >= 4 is 0 Å². The van der Waals surface area contributed by atoms with Crippen LogP contribution in [-0.2, 0) is 9.78 Å². The molecule has 1 N–H and O–H groups in total. The van der Waals surface area contributed by atoms with Gasteiger partial charge in [-0.25, -0.2) is 9.78 Å². The van der Waals surface area contributed by atoms with Gasteiger partial charge in [-0.1, -0.05) is 13.8 Å². The highest BCUT2D eigenvalue weighted by molar-refractivity contribution is 4.66. The highest BCUT2D eigenvalue weighted by atomic mass is 17.2. The predicted octanol–water partition coefficient (Wildman–Crippen LogP) is 3.70. The van der Waals surface area contributed by atoms with Gasteiger partial charge in [0.05, 0.1) is 11.2 Å². The quantitative estimate of drug-likeness (QED) is 0.582. The summed E-state index contributed by atoms with van der Waals surface area (Å²) < 4.78 is 0. The minimum Gasteiger partial charge on any atom is -0.394 e. The molecule has 0 saturated carbocycles. The summed E-state index contributed by atoms with van der Waals surface area (Å²) in [5.74, 6) is 0. The maximum absolute atomic E-state index is 8.06. The van der Waals surface area contributed by atoms with Gasteiger partial charge in [-0.15, -0.1) is 0 Å². The van der Waals surface area contributed by atoms with Gasteiger partial charge in [-0.2, -0.15) is 0 Å². The van der Waals surface area contributed by atoms with E-state index in [1.165, 1.54) is 0 Å². The van der Waals surface area contributed by atoms with Crippen molar-refractivity contribution < 1.29 is 14.9 Å². The largest absolute Gasteiger partial charge is 0.394 e. The van der Waals surface area contributed by atoms with Crippen LogP contribution < -0.4 is 0 Å². The molecule has 3 heteroatoms. The lowest BCUT2D eigenvalue weighted by Gasteiger charge is -2.29. The van der Waals surface area contributed by atoms with E-state index in [-0.39, 0.29) is 17.3 Å². The molecule has 100 valence electrons. The smallest absolute Gasteiger partial charge is 0.0977 e. The highest BCUT2D eigenvalue weighted by Crippen LogP contribution is 2.20. The Morgan fingerprint density at radius 2 is 1.06 bits per heavy atom. The van der Waals surface area contributed by atoms with Gasteiger partial charge in [0.15, 0.2) is 0 Å². The summed E-state index contributed by atoms with van der Waals surface area (Å²) in [5, 5.41) is 8.06. The number of aliphatic hydroxyl groups is 1. The Bertz CT molecular complexity index is 144. The highest BCUT2D eigenvalue weighted by Gasteiger charge is 2.23. The molecule has 3 nitrogen and oxygen atoms in total. The maximum atomic E-state index is 8.06. The summed E-state index contributed by atoms with van der Waals surface area (Å²) >= 11 is 0. The first kappa shape index (κ1) is 18.3. The third-order valence-corrected chi connectivity index (χ3v) is 2.20. The van der Waals surface area contributed by atoms with Crippen LogP contribution >= 0.6 is 0 Å². The van der Waals surface area contributed by atoms with Crippen LogP contribution in [0.5, 0.6) is 0 Å². The molecule has 0 aromatic heterocycles. The lowest BCUT2D eigenvalue weighted by atomic mass is 10.1. The fourth-order valence-corrected chi connectivity index (χ4v) is 0.343. The SMILES string of the molecule is CC(C)O.CCC(C)(C)OOC(C)(C)CC. The molecule has 16 heavy (non-hydrogen) atoms. The molecule has 0 aromatic carbocycles. The Hall–Kier alpha value is -0.120. The number of hydrogen-bond donors (Lipinski definition) is 1. The molecule has 0 heterocycles. The van der Waals surface area contributed by atoms with E-state index in [0.717, 1.165) is 12.8 Å². The van der Waals surface area contributed by atoms with Crippen LogP contribution in [-0.4, -0.2) is 22.4 Å². The standard InChI is InChI=1S/C10H22O2.C3H8O/c1-7-9(3,4)11-12-10(5,6)8-2;1-3(2)4/h7-8H2,1-6H3;3-4H,1-2H3. The minimum atomic E-state index is -0.174. The first-order chi connectivity index (χ1) is 7.06. The summed E-state index contributed by atoms with van der Waals surface area (Å²) in [6.07, 6.45) is 1.74. The summed E-state index contributed by atoms with van der Waals surface area (Å²) in [7, 11) is 0. The van der Waals surface area contributed by atoms with Gasteiger partial charge in [-0.05, 0) is 54.4 Å². The van der Waals surface area contributed by atoms with E-state index in [1.807, 2.05) is 27.7 Å². The number of hydrogen-bond acceptors (Lipinski definition) is 3. The Kier molecular flexibility index (Phi) is 9.17. The summed E-state index contributed by atoms with van der Waals surface area (Å²) in [6, 6.07) is 0. The minimum absolute atomic E-state index is 0.167. The molecule has 0 unspecified atom stereocenters. The molecular formula is C13H30O3. The van der Waals surface area contributed by atoms with Gasteiger partial charge in [0.1, 0.15) is 0 Å². The van der Waals surface area contributed by atoms with Crippen LogP contribution in [0.15, 0.2) is 0 Å². The zero-order chi connectivity index (χ0) is 13.4. The Morgan fingerprint density at radius 3 is 1.19 bits per heavy atom. The van der Waals surface area contributed by atoms with Crippen LogP contribution in [0.25, 0.3) is 0 Å². The van der Waals surface area contributed by atoms with Crippen molar-refractivity contribution in [1.29, 1.82) is 0 Å². The molecule has 0 fully saturated rings. The summed E-state index contributed by atoms with van der Waals surface area (Å²) in [6.45, 7) is 15.7. The zero-order valence-electron chi connectivity index (χ0n) is 12.3. The second-order valence-electron chi connectivity index (χ2n) is 5.49. The first-order valence-corrected chi connectivity index (χ1v) is 6.11. The molecule has 0 rings (SSSR count). The first-order valence-electron chi connectivity index (χ1n) is 6.11. The third-order valence-electron chi connectivity index (χ3n) is 2.20. The van der Waals surface area contributed by atoms with Crippen molar-refractivity contribution in [2.75, 3.05) is 0 Å². The Balaban J connectivity index is 0. The van der Waals surface area contributed by atoms with Gasteiger partial charge < -0.3 is 5.11 Å². The molecule has 0 aromatic rings. The monoisotopic (exact) mass is 234 g/mol. The Labute approximate surface area is 101 Å². The summed E-state index contributed by atoms with van der Waals surface area (Å²) in [5.41, 5.74) is -0.348. The van der Waals surface area contributed by atoms with Gasteiger partial charge in [0.25, 0.3) is 0 Å². The van der Waals surface area contributed by atoms with Crippen LogP contribution in [0, 0.1) is 0 Å². The van der Waals surface area contributed by atoms with E-state index in [9.17, 15) is 0 Å². The van der Waals surface area contributed by atoms with E-state index in [4.69, 9.17) is 14.9 Å². The molecule has 0 spiro atoms. The fraction of sp³-hybridized carbons (Fsp3) is 1.00. The van der Waals surface area contributed by atoms with E-state index in [2.05, 4.69) is 13.8 Å². The molecule has 0 bridgehead atoms. The van der Waals surface area contributed by atoms with Crippen molar-refractivity contribution in [2.24, 2.45) is 0 Å². The van der Waals surface area contributed by atoms with Crippen LogP contribution in [0.3, 0.4) is 0 Å². The average molecular weight is 234 g/mol. The predicted molar refractivity (Wildman–Crippen MR) is 68.3 cm³/mol. The summed E-state index contributed by atoms with van der Waals surface area (Å²) in [4.78, 5) is 10.7. The lowest BCUT2D eigenvalue weighted by molar-refractivity contribution is -0.401. The topological polar surface area (TPSA) is 38.7 Å². The van der Waals surface area contributed by atoms with Gasteiger partial charge in [0.2, 0.25) is 0 Å². The third kappa shape index (κ3) is 13.9. The maximum Gasteiger partial charge on any atom is 0.0977 e. The van der Waals surface area contributed by atoms with Crippen LogP contribution in [0.2, 0.25) is 0 Å². The van der Waals surface area contributed by atoms with E-state index >= 15 is 0 Å². The molecule has 0 amide bonds. The molecule has 0 atom stereocenters. The molecule has 0 radical (unpaired) electrons. The van der Waals surface area contributed by atoms with Gasteiger partial charge >= 0.3 is 0 Å². The lowest BCUT2D eigenvalue weighted by Crippen LogP contribution is -2.31. The molecule has 0 aliphatic rings. The van der Waals surface area contributed by atoms with Crippen molar-refractivity contribution in [3.8, 4) is 0 Å². The van der Waals surface area contributed by atoms with E-state index in [0.29, 0.717) is 0 Å². The van der Waals surface area contributed by atoms with Crippen LogP contribution in [0.1, 0.15) is 68.2 Å². The van der Waals surface area contributed by atoms with Gasteiger partial charge in [-0.3, -0.25) is 0 Å². The van der Waals surface area contributed by atoms with Crippen molar-refractivity contribution in [1.82, 2.24) is 0 Å². The average Bonchev–Trinajstić information content (AvgIpc) is 2.15. The van der Waals surface area contributed by atoms with Crippen LogP contribution in [0.4, 0.5) is 0 Å².